The molecule has 3 rings (SSSR count). The van der Waals surface area contributed by atoms with Crippen LogP contribution in [0.4, 0.5) is 0 Å². The molecule has 2 aromatic rings. The Kier molecular flexibility index (Phi) is 5.71. The average Bonchev–Trinajstić information content (AvgIpc) is 2.61. The Bertz CT molecular complexity index is 620. The topological polar surface area (TPSA) is 12.5 Å². The fourth-order valence-corrected chi connectivity index (χ4v) is 3.30. The lowest BCUT2D eigenvalue weighted by atomic mass is 9.95. The Morgan fingerprint density at radius 1 is 1.04 bits per heavy atom. The smallest absolute Gasteiger partial charge is 0.0594 e. The van der Waals surface area contributed by atoms with Gasteiger partial charge in [0, 0.05) is 23.7 Å². The monoisotopic (exact) mass is 329 g/mol. The molecule has 23 heavy (non-hydrogen) atoms. The molecule has 0 radical (unpaired) electrons. The molecule has 0 spiro atoms. The lowest BCUT2D eigenvalue weighted by Crippen LogP contribution is -2.37. The summed E-state index contributed by atoms with van der Waals surface area (Å²) in [5.74, 6) is 0.568. The minimum absolute atomic E-state index is 0.568. The van der Waals surface area contributed by atoms with E-state index in [1.54, 1.807) is 0 Å². The van der Waals surface area contributed by atoms with Crippen LogP contribution in [0.1, 0.15) is 24.8 Å². The molecule has 0 aromatic heterocycles. The molecule has 2 nitrogen and oxygen atoms in total. The molecule has 1 atom stereocenters. The maximum absolute atomic E-state index is 6.28. The van der Waals surface area contributed by atoms with Crippen molar-refractivity contribution in [1.29, 1.82) is 0 Å². The van der Waals surface area contributed by atoms with Crippen molar-refractivity contribution in [3.63, 3.8) is 0 Å². The van der Waals surface area contributed by atoms with Crippen LogP contribution in [0.15, 0.2) is 48.5 Å². The van der Waals surface area contributed by atoms with Crippen molar-refractivity contribution in [2.24, 2.45) is 0 Å². The average molecular weight is 330 g/mol. The Balaban J connectivity index is 1.61. The summed E-state index contributed by atoms with van der Waals surface area (Å²) in [6, 6.07) is 16.8. The molecule has 1 unspecified atom stereocenters. The lowest BCUT2D eigenvalue weighted by Gasteiger charge is -2.27. The molecule has 1 aliphatic rings. The Hall–Kier alpha value is -1.35. The summed E-state index contributed by atoms with van der Waals surface area (Å²) in [5, 5.41) is 0.806. The Labute approximate surface area is 144 Å². The predicted octanol–water partition coefficient (Wildman–Crippen LogP) is 4.83. The first kappa shape index (κ1) is 16.5. The Morgan fingerprint density at radius 3 is 2.43 bits per heavy atom. The van der Waals surface area contributed by atoms with E-state index < -0.39 is 0 Å². The number of benzene rings is 2. The van der Waals surface area contributed by atoms with Gasteiger partial charge in [-0.1, -0.05) is 61.0 Å². The van der Waals surface area contributed by atoms with Gasteiger partial charge in [0.1, 0.15) is 0 Å². The first-order chi connectivity index (χ1) is 11.2. The third-order valence-electron chi connectivity index (χ3n) is 4.65. The molecule has 122 valence electrons. The van der Waals surface area contributed by atoms with Crippen molar-refractivity contribution in [1.82, 2.24) is 4.90 Å². The fourth-order valence-electron chi connectivity index (χ4n) is 3.05. The highest BCUT2D eigenvalue weighted by atomic mass is 35.5. The molecule has 0 aliphatic carbocycles. The maximum atomic E-state index is 6.28. The summed E-state index contributed by atoms with van der Waals surface area (Å²) >= 11 is 6.28. The second-order valence-electron chi connectivity index (χ2n) is 6.25. The molecule has 3 heteroatoms. The highest BCUT2D eigenvalue weighted by molar-refractivity contribution is 6.33. The van der Waals surface area contributed by atoms with Gasteiger partial charge in [-0.05, 0) is 36.1 Å². The summed E-state index contributed by atoms with van der Waals surface area (Å²) in [6.07, 6.45) is 1.19. The first-order valence-electron chi connectivity index (χ1n) is 8.39. The van der Waals surface area contributed by atoms with Gasteiger partial charge in [-0.2, -0.15) is 0 Å². The molecular formula is C20H24ClNO. The van der Waals surface area contributed by atoms with Gasteiger partial charge < -0.3 is 4.74 Å². The number of rotatable bonds is 5. The summed E-state index contributed by atoms with van der Waals surface area (Å²) in [7, 11) is 0. The van der Waals surface area contributed by atoms with E-state index in [1.807, 2.05) is 18.2 Å². The molecule has 1 aliphatic heterocycles. The van der Waals surface area contributed by atoms with Crippen LogP contribution in [0, 0.1) is 0 Å². The molecule has 0 bridgehead atoms. The first-order valence-corrected chi connectivity index (χ1v) is 8.77. The summed E-state index contributed by atoms with van der Waals surface area (Å²) in [6.45, 7) is 7.35. The summed E-state index contributed by atoms with van der Waals surface area (Å²) in [4.78, 5) is 2.50. The van der Waals surface area contributed by atoms with E-state index in [0.717, 1.165) is 43.4 Å². The van der Waals surface area contributed by atoms with E-state index >= 15 is 0 Å². The van der Waals surface area contributed by atoms with Crippen molar-refractivity contribution in [2.75, 3.05) is 32.8 Å². The van der Waals surface area contributed by atoms with Crippen LogP contribution in [0.2, 0.25) is 5.02 Å². The van der Waals surface area contributed by atoms with Gasteiger partial charge in [0.25, 0.3) is 0 Å². The Morgan fingerprint density at radius 2 is 1.74 bits per heavy atom. The molecule has 0 amide bonds. The van der Waals surface area contributed by atoms with E-state index in [2.05, 4.69) is 42.2 Å². The number of hydrogen-bond acceptors (Lipinski definition) is 2. The molecule has 1 heterocycles. The number of hydrogen-bond donors (Lipinski definition) is 0. The van der Waals surface area contributed by atoms with Crippen molar-refractivity contribution in [3.05, 3.63) is 59.1 Å². The highest BCUT2D eigenvalue weighted by Gasteiger charge is 2.13. The molecular weight excluding hydrogens is 306 g/mol. The van der Waals surface area contributed by atoms with Gasteiger partial charge in [0.2, 0.25) is 0 Å². The van der Waals surface area contributed by atoms with E-state index in [9.17, 15) is 0 Å². The fraction of sp³-hybridized carbons (Fsp3) is 0.400. The van der Waals surface area contributed by atoms with E-state index in [1.165, 1.54) is 17.5 Å². The zero-order valence-corrected chi connectivity index (χ0v) is 14.4. The standard InChI is InChI=1S/C20H24ClNO/c1-16(10-11-22-12-14-23-15-13-22)17-6-8-18(9-7-17)19-4-2-3-5-20(19)21/h2-9,16H,10-15H2,1H3. The van der Waals surface area contributed by atoms with Gasteiger partial charge >= 0.3 is 0 Å². The van der Waals surface area contributed by atoms with E-state index in [-0.39, 0.29) is 0 Å². The second kappa shape index (κ2) is 7.96. The molecule has 2 aromatic carbocycles. The van der Waals surface area contributed by atoms with Gasteiger partial charge in [0.15, 0.2) is 0 Å². The SMILES string of the molecule is CC(CCN1CCOCC1)c1ccc(-c2ccccc2Cl)cc1. The molecule has 1 fully saturated rings. The van der Waals surface area contributed by atoms with Crippen LogP contribution < -0.4 is 0 Å². The number of halogens is 1. The van der Waals surface area contributed by atoms with Crippen LogP contribution in [-0.2, 0) is 4.74 Å². The van der Waals surface area contributed by atoms with Gasteiger partial charge in [-0.25, -0.2) is 0 Å². The van der Waals surface area contributed by atoms with Gasteiger partial charge in [-0.3, -0.25) is 4.90 Å². The van der Waals surface area contributed by atoms with Crippen LogP contribution in [0.25, 0.3) is 11.1 Å². The summed E-state index contributed by atoms with van der Waals surface area (Å²) in [5.41, 5.74) is 3.68. The zero-order chi connectivity index (χ0) is 16.1. The van der Waals surface area contributed by atoms with Crippen molar-refractivity contribution >= 4 is 11.6 Å². The number of nitrogens with zero attached hydrogens (tertiary/aromatic N) is 1. The predicted molar refractivity (Wildman–Crippen MR) is 97.2 cm³/mol. The van der Waals surface area contributed by atoms with Crippen molar-refractivity contribution in [3.8, 4) is 11.1 Å². The molecule has 0 saturated carbocycles. The zero-order valence-electron chi connectivity index (χ0n) is 13.7. The number of ether oxygens (including phenoxy) is 1. The van der Waals surface area contributed by atoms with E-state index in [4.69, 9.17) is 16.3 Å². The van der Waals surface area contributed by atoms with Crippen LogP contribution in [-0.4, -0.2) is 37.7 Å². The van der Waals surface area contributed by atoms with Crippen LogP contribution in [0.3, 0.4) is 0 Å². The number of morpholine rings is 1. The van der Waals surface area contributed by atoms with E-state index in [0.29, 0.717) is 5.92 Å². The van der Waals surface area contributed by atoms with Crippen molar-refractivity contribution < 1.29 is 4.74 Å². The molecule has 0 N–H and O–H groups in total. The maximum Gasteiger partial charge on any atom is 0.0594 e. The second-order valence-corrected chi connectivity index (χ2v) is 6.65. The largest absolute Gasteiger partial charge is 0.379 e. The third kappa shape index (κ3) is 4.35. The van der Waals surface area contributed by atoms with Gasteiger partial charge in [-0.15, -0.1) is 0 Å². The molecule has 1 saturated heterocycles. The minimum Gasteiger partial charge on any atom is -0.379 e. The van der Waals surface area contributed by atoms with Crippen LogP contribution >= 0.6 is 11.6 Å². The lowest BCUT2D eigenvalue weighted by molar-refractivity contribution is 0.0367. The normalized spacial score (nSPS) is 17.1. The van der Waals surface area contributed by atoms with Crippen molar-refractivity contribution in [2.45, 2.75) is 19.3 Å². The minimum atomic E-state index is 0.568. The van der Waals surface area contributed by atoms with Crippen LogP contribution in [0.5, 0.6) is 0 Å². The third-order valence-corrected chi connectivity index (χ3v) is 4.98. The highest BCUT2D eigenvalue weighted by Crippen LogP contribution is 2.29. The summed E-state index contributed by atoms with van der Waals surface area (Å²) < 4.78 is 5.40. The quantitative estimate of drug-likeness (QED) is 0.778. The van der Waals surface area contributed by atoms with Gasteiger partial charge in [0.05, 0.1) is 13.2 Å².